The number of hydrogen-bond acceptors (Lipinski definition) is 8. The monoisotopic (exact) mass is 472 g/mol. The van der Waals surface area contributed by atoms with Gasteiger partial charge in [0.25, 0.3) is 10.0 Å². The molecule has 0 bridgehead atoms. The van der Waals surface area contributed by atoms with Gasteiger partial charge in [-0.05, 0) is 35.2 Å². The average Bonchev–Trinajstić information content (AvgIpc) is 2.78. The zero-order valence-electron chi connectivity index (χ0n) is 19.0. The second-order valence-corrected chi connectivity index (χ2v) is 9.89. The first kappa shape index (κ1) is 24.3. The molecule has 0 aliphatic rings. The van der Waals surface area contributed by atoms with Crippen LogP contribution in [0.1, 0.15) is 26.3 Å². The second-order valence-electron chi connectivity index (χ2n) is 8.21. The van der Waals surface area contributed by atoms with Gasteiger partial charge in [0.15, 0.2) is 11.6 Å². The van der Waals surface area contributed by atoms with E-state index in [-0.39, 0.29) is 40.8 Å². The Morgan fingerprint density at radius 2 is 1.67 bits per heavy atom. The zero-order chi connectivity index (χ0) is 24.1. The highest BCUT2D eigenvalue weighted by atomic mass is 32.2. The predicted octanol–water partition coefficient (Wildman–Crippen LogP) is 3.78. The Morgan fingerprint density at radius 3 is 2.30 bits per heavy atom. The first-order chi connectivity index (χ1) is 15.6. The molecule has 10 heteroatoms. The minimum Gasteiger partial charge on any atom is -0.497 e. The standard InChI is InChI=1S/C23H28N4O5S/c1-23(2,3)16-8-10-19(11-9-16)33(29,30)27-22-20(21(24-12-13-28)25-15-26-22)32-18-7-5-6-17(14-18)31-4/h5-11,14-15,28H,12-13H2,1-4H3,(H2,24,25,26,27). The fourth-order valence-electron chi connectivity index (χ4n) is 2.95. The molecule has 0 unspecified atom stereocenters. The number of nitrogens with one attached hydrogen (secondary N) is 2. The molecule has 9 nitrogen and oxygen atoms in total. The van der Waals surface area contributed by atoms with Crippen molar-refractivity contribution < 1.29 is 23.0 Å². The van der Waals surface area contributed by atoms with Gasteiger partial charge < -0.3 is 19.9 Å². The molecule has 0 amide bonds. The lowest BCUT2D eigenvalue weighted by molar-refractivity contribution is 0.310. The van der Waals surface area contributed by atoms with Crippen molar-refractivity contribution in [2.24, 2.45) is 0 Å². The van der Waals surface area contributed by atoms with Gasteiger partial charge in [0, 0.05) is 12.6 Å². The number of ether oxygens (including phenoxy) is 2. The van der Waals surface area contributed by atoms with Gasteiger partial charge in [-0.25, -0.2) is 18.4 Å². The van der Waals surface area contributed by atoms with Gasteiger partial charge in [0.2, 0.25) is 5.75 Å². The smallest absolute Gasteiger partial charge is 0.263 e. The van der Waals surface area contributed by atoms with Crippen molar-refractivity contribution in [3.05, 3.63) is 60.4 Å². The van der Waals surface area contributed by atoms with Gasteiger partial charge in [-0.2, -0.15) is 0 Å². The Kier molecular flexibility index (Phi) is 7.39. The topological polar surface area (TPSA) is 123 Å². The van der Waals surface area contributed by atoms with Gasteiger partial charge in [0.1, 0.15) is 17.8 Å². The summed E-state index contributed by atoms with van der Waals surface area (Å²) in [5.74, 6) is 1.20. The molecule has 0 aliphatic heterocycles. The Balaban J connectivity index is 1.97. The molecule has 1 heterocycles. The molecule has 3 rings (SSSR count). The minimum absolute atomic E-state index is 0.0480. The minimum atomic E-state index is -3.96. The van der Waals surface area contributed by atoms with Crippen LogP contribution in [0.25, 0.3) is 0 Å². The summed E-state index contributed by atoms with van der Waals surface area (Å²) in [6, 6.07) is 13.5. The lowest BCUT2D eigenvalue weighted by atomic mass is 9.87. The van der Waals surface area contributed by atoms with Gasteiger partial charge >= 0.3 is 0 Å². The maximum Gasteiger partial charge on any atom is 0.263 e. The SMILES string of the molecule is COc1cccc(Oc2c(NCCO)ncnc2NS(=O)(=O)c2ccc(C(C)(C)C)cc2)c1. The van der Waals surface area contributed by atoms with Gasteiger partial charge in [-0.3, -0.25) is 4.72 Å². The van der Waals surface area contributed by atoms with E-state index in [1.54, 1.807) is 48.5 Å². The average molecular weight is 473 g/mol. The summed E-state index contributed by atoms with van der Waals surface area (Å²) >= 11 is 0. The molecule has 3 aromatic rings. The number of nitrogens with zero attached hydrogens (tertiary/aromatic N) is 2. The summed E-state index contributed by atoms with van der Waals surface area (Å²) in [6.45, 7) is 6.20. The molecule has 0 saturated heterocycles. The van der Waals surface area contributed by atoms with E-state index in [1.165, 1.54) is 13.4 Å². The Bertz CT molecular complexity index is 1190. The summed E-state index contributed by atoms with van der Waals surface area (Å²) in [6.07, 6.45) is 1.21. The first-order valence-electron chi connectivity index (χ1n) is 10.3. The van der Waals surface area contributed by atoms with E-state index in [0.29, 0.717) is 11.5 Å². The van der Waals surface area contributed by atoms with E-state index in [9.17, 15) is 13.5 Å². The van der Waals surface area contributed by atoms with Crippen molar-refractivity contribution in [1.82, 2.24) is 9.97 Å². The number of anilines is 2. The van der Waals surface area contributed by atoms with Crippen molar-refractivity contribution in [2.75, 3.05) is 30.3 Å². The van der Waals surface area contributed by atoms with Crippen molar-refractivity contribution in [2.45, 2.75) is 31.1 Å². The van der Waals surface area contributed by atoms with Crippen molar-refractivity contribution >= 4 is 21.7 Å². The molecular formula is C23H28N4O5S. The summed E-state index contributed by atoms with van der Waals surface area (Å²) in [4.78, 5) is 8.32. The normalized spacial score (nSPS) is 11.7. The third-order valence-electron chi connectivity index (χ3n) is 4.73. The summed E-state index contributed by atoms with van der Waals surface area (Å²) in [5, 5.41) is 12.1. The number of aliphatic hydroxyl groups excluding tert-OH is 1. The molecule has 0 spiro atoms. The molecule has 33 heavy (non-hydrogen) atoms. The maximum absolute atomic E-state index is 13.1. The molecule has 0 radical (unpaired) electrons. The van der Waals surface area contributed by atoms with Crippen LogP contribution in [0.15, 0.2) is 59.8 Å². The number of aromatic nitrogens is 2. The Labute approximate surface area is 193 Å². The number of rotatable bonds is 9. The molecule has 0 aliphatic carbocycles. The van der Waals surface area contributed by atoms with Crippen LogP contribution < -0.4 is 19.5 Å². The van der Waals surface area contributed by atoms with Crippen LogP contribution in [0.3, 0.4) is 0 Å². The summed E-state index contributed by atoms with van der Waals surface area (Å²) < 4.78 is 39.8. The van der Waals surface area contributed by atoms with E-state index in [1.807, 2.05) is 0 Å². The highest BCUT2D eigenvalue weighted by Gasteiger charge is 2.22. The lowest BCUT2D eigenvalue weighted by Crippen LogP contribution is -2.17. The fourth-order valence-corrected chi connectivity index (χ4v) is 3.96. The third-order valence-corrected chi connectivity index (χ3v) is 6.09. The van der Waals surface area contributed by atoms with Crippen LogP contribution in [-0.4, -0.2) is 43.8 Å². The van der Waals surface area contributed by atoms with Crippen molar-refractivity contribution in [1.29, 1.82) is 0 Å². The molecule has 0 fully saturated rings. The van der Waals surface area contributed by atoms with E-state index >= 15 is 0 Å². The van der Waals surface area contributed by atoms with E-state index in [4.69, 9.17) is 9.47 Å². The first-order valence-corrected chi connectivity index (χ1v) is 11.8. The maximum atomic E-state index is 13.1. The molecule has 2 aromatic carbocycles. The van der Waals surface area contributed by atoms with Crippen LogP contribution in [-0.2, 0) is 15.4 Å². The van der Waals surface area contributed by atoms with Crippen molar-refractivity contribution in [3.63, 3.8) is 0 Å². The highest BCUT2D eigenvalue weighted by Crippen LogP contribution is 2.36. The molecule has 0 saturated carbocycles. The van der Waals surface area contributed by atoms with Crippen LogP contribution >= 0.6 is 0 Å². The van der Waals surface area contributed by atoms with Gasteiger partial charge in [-0.1, -0.05) is 39.0 Å². The summed E-state index contributed by atoms with van der Waals surface area (Å²) in [7, 11) is -2.43. The van der Waals surface area contributed by atoms with Gasteiger partial charge in [-0.15, -0.1) is 0 Å². The number of hydrogen-bond donors (Lipinski definition) is 3. The van der Waals surface area contributed by atoms with Crippen LogP contribution in [0.5, 0.6) is 17.2 Å². The lowest BCUT2D eigenvalue weighted by Gasteiger charge is -2.19. The Hall–Kier alpha value is -3.37. The van der Waals surface area contributed by atoms with Crippen LogP contribution in [0.2, 0.25) is 0 Å². The fraction of sp³-hybridized carbons (Fsp3) is 0.304. The number of sulfonamides is 1. The third kappa shape index (κ3) is 6.11. The highest BCUT2D eigenvalue weighted by molar-refractivity contribution is 7.92. The predicted molar refractivity (Wildman–Crippen MR) is 127 cm³/mol. The molecule has 176 valence electrons. The van der Waals surface area contributed by atoms with Crippen LogP contribution in [0.4, 0.5) is 11.6 Å². The molecule has 1 aromatic heterocycles. The number of aliphatic hydroxyl groups is 1. The quantitative estimate of drug-likeness (QED) is 0.430. The largest absolute Gasteiger partial charge is 0.497 e. The number of benzene rings is 2. The Morgan fingerprint density at radius 1 is 1.00 bits per heavy atom. The molecular weight excluding hydrogens is 444 g/mol. The van der Waals surface area contributed by atoms with Gasteiger partial charge in [0.05, 0.1) is 18.6 Å². The van der Waals surface area contributed by atoms with Crippen molar-refractivity contribution in [3.8, 4) is 17.2 Å². The van der Waals surface area contributed by atoms with E-state index in [2.05, 4.69) is 40.8 Å². The van der Waals surface area contributed by atoms with Crippen LogP contribution in [0, 0.1) is 0 Å². The molecule has 0 atom stereocenters. The number of methoxy groups -OCH3 is 1. The summed E-state index contributed by atoms with van der Waals surface area (Å²) in [5.41, 5.74) is 0.911. The zero-order valence-corrected chi connectivity index (χ0v) is 19.8. The molecule has 3 N–H and O–H groups in total. The van der Waals surface area contributed by atoms with E-state index in [0.717, 1.165) is 5.56 Å². The van der Waals surface area contributed by atoms with E-state index < -0.39 is 10.0 Å². The second kappa shape index (κ2) is 10.1.